The standard InChI is InChI=1S/C7H12N2O/c1-5-6(10)9-7(2-3-7)4-8-5/h5,8H,2-4H2,1H3,(H,9,10). The summed E-state index contributed by atoms with van der Waals surface area (Å²) < 4.78 is 0. The molecule has 0 aromatic heterocycles. The van der Waals surface area contributed by atoms with Crippen LogP contribution in [0.15, 0.2) is 0 Å². The van der Waals surface area contributed by atoms with Crippen LogP contribution in [0.3, 0.4) is 0 Å². The zero-order chi connectivity index (χ0) is 7.19. The normalized spacial score (nSPS) is 35.7. The molecule has 0 aromatic rings. The van der Waals surface area contributed by atoms with Crippen molar-refractivity contribution >= 4 is 5.91 Å². The molecule has 3 nitrogen and oxygen atoms in total. The third-order valence-corrected chi connectivity index (χ3v) is 2.38. The first kappa shape index (κ1) is 6.16. The fraction of sp³-hybridized carbons (Fsp3) is 0.857. The maximum atomic E-state index is 11.1. The number of carbonyl (C=O) groups is 1. The van der Waals surface area contributed by atoms with Crippen LogP contribution in [-0.4, -0.2) is 24.0 Å². The summed E-state index contributed by atoms with van der Waals surface area (Å²) in [6.07, 6.45) is 2.30. The van der Waals surface area contributed by atoms with E-state index in [2.05, 4.69) is 10.6 Å². The molecular weight excluding hydrogens is 128 g/mol. The summed E-state index contributed by atoms with van der Waals surface area (Å²) in [5, 5.41) is 6.19. The second-order valence-electron chi connectivity index (χ2n) is 3.37. The molecule has 0 bridgehead atoms. The Morgan fingerprint density at radius 1 is 1.60 bits per heavy atom. The molecule has 10 heavy (non-hydrogen) atoms. The summed E-state index contributed by atoms with van der Waals surface area (Å²) in [6.45, 7) is 2.85. The maximum Gasteiger partial charge on any atom is 0.237 e. The van der Waals surface area contributed by atoms with Crippen molar-refractivity contribution in [3.05, 3.63) is 0 Å². The molecule has 1 unspecified atom stereocenters. The minimum atomic E-state index is 0.00576. The molecule has 1 heterocycles. The van der Waals surface area contributed by atoms with E-state index in [-0.39, 0.29) is 17.5 Å². The third kappa shape index (κ3) is 0.814. The average Bonchev–Trinajstić information content (AvgIpc) is 2.62. The molecule has 0 aromatic carbocycles. The van der Waals surface area contributed by atoms with Gasteiger partial charge in [-0.3, -0.25) is 4.79 Å². The van der Waals surface area contributed by atoms with Crippen molar-refractivity contribution < 1.29 is 4.79 Å². The van der Waals surface area contributed by atoms with E-state index in [1.54, 1.807) is 0 Å². The number of hydrogen-bond donors (Lipinski definition) is 2. The lowest BCUT2D eigenvalue weighted by Gasteiger charge is -2.28. The molecule has 1 atom stereocenters. The predicted octanol–water partition coefficient (Wildman–Crippen LogP) is -0.373. The fourth-order valence-corrected chi connectivity index (χ4v) is 1.31. The Balaban J connectivity index is 2.04. The van der Waals surface area contributed by atoms with Gasteiger partial charge in [-0.1, -0.05) is 0 Å². The average molecular weight is 140 g/mol. The van der Waals surface area contributed by atoms with Crippen molar-refractivity contribution in [3.63, 3.8) is 0 Å². The van der Waals surface area contributed by atoms with Gasteiger partial charge in [0.1, 0.15) is 0 Å². The van der Waals surface area contributed by atoms with Crippen molar-refractivity contribution in [2.24, 2.45) is 0 Å². The number of nitrogens with one attached hydrogen (secondary N) is 2. The van der Waals surface area contributed by atoms with E-state index < -0.39 is 0 Å². The molecule has 1 amide bonds. The van der Waals surface area contributed by atoms with Gasteiger partial charge in [-0.05, 0) is 19.8 Å². The Bertz CT molecular complexity index is 174. The molecule has 2 N–H and O–H groups in total. The summed E-state index contributed by atoms with van der Waals surface area (Å²) in [6, 6.07) is 0.00576. The van der Waals surface area contributed by atoms with Gasteiger partial charge in [-0.15, -0.1) is 0 Å². The molecular formula is C7H12N2O. The van der Waals surface area contributed by atoms with E-state index in [1.165, 1.54) is 0 Å². The van der Waals surface area contributed by atoms with Crippen LogP contribution in [0.2, 0.25) is 0 Å². The number of carbonyl (C=O) groups excluding carboxylic acids is 1. The number of piperazine rings is 1. The fourth-order valence-electron chi connectivity index (χ4n) is 1.31. The number of rotatable bonds is 0. The third-order valence-electron chi connectivity index (χ3n) is 2.38. The smallest absolute Gasteiger partial charge is 0.237 e. The first-order valence-electron chi connectivity index (χ1n) is 3.77. The summed E-state index contributed by atoms with van der Waals surface area (Å²) in [4.78, 5) is 11.1. The lowest BCUT2D eigenvalue weighted by atomic mass is 10.1. The Morgan fingerprint density at radius 2 is 2.30 bits per heavy atom. The van der Waals surface area contributed by atoms with E-state index in [0.29, 0.717) is 0 Å². The Hall–Kier alpha value is -0.570. The van der Waals surface area contributed by atoms with E-state index >= 15 is 0 Å². The van der Waals surface area contributed by atoms with Crippen LogP contribution in [0, 0.1) is 0 Å². The van der Waals surface area contributed by atoms with Crippen LogP contribution >= 0.6 is 0 Å². The van der Waals surface area contributed by atoms with Crippen molar-refractivity contribution in [3.8, 4) is 0 Å². The monoisotopic (exact) mass is 140 g/mol. The predicted molar refractivity (Wildman–Crippen MR) is 37.6 cm³/mol. The van der Waals surface area contributed by atoms with Gasteiger partial charge in [0.15, 0.2) is 0 Å². The molecule has 56 valence electrons. The SMILES string of the molecule is CC1NCC2(CC2)NC1=O. The molecule has 1 spiro atoms. The second kappa shape index (κ2) is 1.72. The first-order chi connectivity index (χ1) is 4.72. The summed E-state index contributed by atoms with van der Waals surface area (Å²) in [5.74, 6) is 0.156. The minimum absolute atomic E-state index is 0.00576. The molecule has 2 fully saturated rings. The topological polar surface area (TPSA) is 41.1 Å². The summed E-state index contributed by atoms with van der Waals surface area (Å²) in [7, 11) is 0. The second-order valence-corrected chi connectivity index (χ2v) is 3.37. The van der Waals surface area contributed by atoms with E-state index in [4.69, 9.17) is 0 Å². The van der Waals surface area contributed by atoms with Crippen LogP contribution in [0.4, 0.5) is 0 Å². The van der Waals surface area contributed by atoms with Crippen LogP contribution in [0.5, 0.6) is 0 Å². The van der Waals surface area contributed by atoms with Crippen molar-refractivity contribution in [2.75, 3.05) is 6.54 Å². The molecule has 1 aliphatic carbocycles. The van der Waals surface area contributed by atoms with Gasteiger partial charge < -0.3 is 10.6 Å². The van der Waals surface area contributed by atoms with E-state index in [9.17, 15) is 4.79 Å². The summed E-state index contributed by atoms with van der Waals surface area (Å²) >= 11 is 0. The van der Waals surface area contributed by atoms with Crippen molar-refractivity contribution in [1.29, 1.82) is 0 Å². The highest BCUT2D eigenvalue weighted by molar-refractivity contribution is 5.83. The summed E-state index contributed by atoms with van der Waals surface area (Å²) in [5.41, 5.74) is 0.170. The molecule has 1 saturated carbocycles. The van der Waals surface area contributed by atoms with Crippen molar-refractivity contribution in [1.82, 2.24) is 10.6 Å². The van der Waals surface area contributed by atoms with Crippen LogP contribution in [0.25, 0.3) is 0 Å². The Labute approximate surface area is 60.2 Å². The highest BCUT2D eigenvalue weighted by Crippen LogP contribution is 2.35. The highest BCUT2D eigenvalue weighted by Gasteiger charge is 2.47. The van der Waals surface area contributed by atoms with Gasteiger partial charge in [-0.2, -0.15) is 0 Å². The lowest BCUT2D eigenvalue weighted by Crippen LogP contribution is -2.58. The zero-order valence-electron chi connectivity index (χ0n) is 6.11. The number of hydrogen-bond acceptors (Lipinski definition) is 2. The molecule has 3 heteroatoms. The largest absolute Gasteiger partial charge is 0.348 e. The quantitative estimate of drug-likeness (QED) is 0.482. The van der Waals surface area contributed by atoms with Crippen LogP contribution in [-0.2, 0) is 4.79 Å². The maximum absolute atomic E-state index is 11.1. The molecule has 0 radical (unpaired) electrons. The molecule has 2 aliphatic rings. The Kier molecular flexibility index (Phi) is 1.06. The van der Waals surface area contributed by atoms with Gasteiger partial charge in [-0.25, -0.2) is 0 Å². The van der Waals surface area contributed by atoms with Gasteiger partial charge in [0, 0.05) is 6.54 Å². The van der Waals surface area contributed by atoms with Crippen LogP contribution < -0.4 is 10.6 Å². The van der Waals surface area contributed by atoms with Gasteiger partial charge in [0.25, 0.3) is 0 Å². The number of amides is 1. The van der Waals surface area contributed by atoms with Gasteiger partial charge >= 0.3 is 0 Å². The van der Waals surface area contributed by atoms with Gasteiger partial charge in [0.05, 0.1) is 11.6 Å². The highest BCUT2D eigenvalue weighted by atomic mass is 16.2. The zero-order valence-corrected chi connectivity index (χ0v) is 6.11. The lowest BCUT2D eigenvalue weighted by molar-refractivity contribution is -0.125. The molecule has 1 aliphatic heterocycles. The molecule has 2 rings (SSSR count). The minimum Gasteiger partial charge on any atom is -0.348 e. The van der Waals surface area contributed by atoms with Crippen LogP contribution in [0.1, 0.15) is 19.8 Å². The first-order valence-corrected chi connectivity index (χ1v) is 3.77. The van der Waals surface area contributed by atoms with E-state index in [1.807, 2.05) is 6.92 Å². The Morgan fingerprint density at radius 3 is 2.80 bits per heavy atom. The van der Waals surface area contributed by atoms with Gasteiger partial charge in [0.2, 0.25) is 5.91 Å². The molecule has 1 saturated heterocycles. The van der Waals surface area contributed by atoms with Crippen molar-refractivity contribution in [2.45, 2.75) is 31.3 Å². The van der Waals surface area contributed by atoms with E-state index in [0.717, 1.165) is 19.4 Å².